The van der Waals surface area contributed by atoms with E-state index in [-0.39, 0.29) is 5.91 Å². The Bertz CT molecular complexity index is 980. The molecule has 0 fully saturated rings. The lowest BCUT2D eigenvalue weighted by molar-refractivity contribution is 0.102. The van der Waals surface area contributed by atoms with Crippen LogP contribution in [0.3, 0.4) is 0 Å². The lowest BCUT2D eigenvalue weighted by atomic mass is 10.1. The van der Waals surface area contributed by atoms with E-state index in [1.165, 1.54) is 0 Å². The fourth-order valence-electron chi connectivity index (χ4n) is 2.76. The van der Waals surface area contributed by atoms with E-state index in [9.17, 15) is 4.79 Å². The van der Waals surface area contributed by atoms with Gasteiger partial charge in [0.25, 0.3) is 5.91 Å². The normalized spacial score (nSPS) is 10.5. The SMILES string of the molecule is C=CCCn1cnnc1-c1cccc(NC(=O)c2cc(C)ccc2OCC)n1. The minimum atomic E-state index is -0.273. The quantitative estimate of drug-likeness (QED) is 0.603. The van der Waals surface area contributed by atoms with Gasteiger partial charge in [-0.2, -0.15) is 0 Å². The molecular weight excluding hydrogens is 354 g/mol. The molecule has 3 rings (SSSR count). The summed E-state index contributed by atoms with van der Waals surface area (Å²) < 4.78 is 7.48. The van der Waals surface area contributed by atoms with Gasteiger partial charge in [0.15, 0.2) is 5.82 Å². The zero-order valence-electron chi connectivity index (χ0n) is 16.1. The molecule has 7 nitrogen and oxygen atoms in total. The summed E-state index contributed by atoms with van der Waals surface area (Å²) in [6.07, 6.45) is 4.30. The maximum Gasteiger partial charge on any atom is 0.260 e. The van der Waals surface area contributed by atoms with Crippen LogP contribution in [0, 0.1) is 6.92 Å². The van der Waals surface area contributed by atoms with Gasteiger partial charge in [-0.05, 0) is 44.5 Å². The van der Waals surface area contributed by atoms with Crippen LogP contribution >= 0.6 is 0 Å². The summed E-state index contributed by atoms with van der Waals surface area (Å²) in [4.78, 5) is 17.3. The van der Waals surface area contributed by atoms with Crippen LogP contribution in [0.1, 0.15) is 29.3 Å². The molecule has 3 aromatic rings. The number of allylic oxidation sites excluding steroid dienone is 1. The van der Waals surface area contributed by atoms with Gasteiger partial charge in [-0.1, -0.05) is 23.8 Å². The van der Waals surface area contributed by atoms with E-state index < -0.39 is 0 Å². The Balaban J connectivity index is 1.84. The largest absolute Gasteiger partial charge is 0.493 e. The second-order valence-electron chi connectivity index (χ2n) is 6.22. The van der Waals surface area contributed by atoms with Gasteiger partial charge in [0, 0.05) is 6.54 Å². The summed E-state index contributed by atoms with van der Waals surface area (Å²) in [5, 5.41) is 11.0. The van der Waals surface area contributed by atoms with Crippen LogP contribution in [0.15, 0.2) is 55.4 Å². The van der Waals surface area contributed by atoms with Crippen LogP contribution in [0.2, 0.25) is 0 Å². The number of rotatable bonds is 8. The summed E-state index contributed by atoms with van der Waals surface area (Å²) in [6.45, 7) is 8.75. The van der Waals surface area contributed by atoms with E-state index in [0.717, 1.165) is 12.0 Å². The summed E-state index contributed by atoms with van der Waals surface area (Å²) in [5.74, 6) is 1.35. The summed E-state index contributed by atoms with van der Waals surface area (Å²) in [5.41, 5.74) is 2.09. The van der Waals surface area contributed by atoms with Crippen molar-refractivity contribution in [3.05, 3.63) is 66.5 Å². The van der Waals surface area contributed by atoms with E-state index in [1.807, 2.05) is 42.7 Å². The number of amides is 1. The highest BCUT2D eigenvalue weighted by atomic mass is 16.5. The van der Waals surface area contributed by atoms with Crippen molar-refractivity contribution in [1.82, 2.24) is 19.7 Å². The third-order valence-corrected chi connectivity index (χ3v) is 4.09. The molecule has 0 aliphatic rings. The van der Waals surface area contributed by atoms with E-state index in [0.29, 0.717) is 41.8 Å². The Labute approximate surface area is 164 Å². The second-order valence-corrected chi connectivity index (χ2v) is 6.22. The maximum atomic E-state index is 12.8. The number of nitrogens with one attached hydrogen (secondary N) is 1. The van der Waals surface area contributed by atoms with Gasteiger partial charge in [0.05, 0.1) is 12.2 Å². The van der Waals surface area contributed by atoms with Crippen LogP contribution in [0.5, 0.6) is 5.75 Å². The zero-order chi connectivity index (χ0) is 19.9. The number of carbonyl (C=O) groups excluding carboxylic acids is 1. The first-order chi connectivity index (χ1) is 13.6. The molecule has 0 saturated carbocycles. The molecule has 1 aromatic carbocycles. The first kappa shape index (κ1) is 19.3. The molecule has 144 valence electrons. The topological polar surface area (TPSA) is 81.9 Å². The summed E-state index contributed by atoms with van der Waals surface area (Å²) in [6, 6.07) is 10.9. The molecule has 0 bridgehead atoms. The van der Waals surface area contributed by atoms with Gasteiger partial charge in [-0.25, -0.2) is 4.98 Å². The minimum absolute atomic E-state index is 0.273. The molecule has 0 spiro atoms. The molecule has 7 heteroatoms. The molecule has 2 heterocycles. The van der Waals surface area contributed by atoms with Crippen molar-refractivity contribution in [3.8, 4) is 17.3 Å². The van der Waals surface area contributed by atoms with Crippen LogP contribution in [0.4, 0.5) is 5.82 Å². The first-order valence-corrected chi connectivity index (χ1v) is 9.13. The van der Waals surface area contributed by atoms with Crippen molar-refractivity contribution in [2.45, 2.75) is 26.8 Å². The fraction of sp³-hybridized carbons (Fsp3) is 0.238. The smallest absolute Gasteiger partial charge is 0.260 e. The van der Waals surface area contributed by atoms with Crippen LogP contribution in [-0.2, 0) is 6.54 Å². The predicted octanol–water partition coefficient (Wildman–Crippen LogP) is 3.88. The molecule has 28 heavy (non-hydrogen) atoms. The summed E-state index contributed by atoms with van der Waals surface area (Å²) in [7, 11) is 0. The van der Waals surface area contributed by atoms with Crippen molar-refractivity contribution < 1.29 is 9.53 Å². The van der Waals surface area contributed by atoms with Gasteiger partial charge in [0.1, 0.15) is 23.6 Å². The van der Waals surface area contributed by atoms with E-state index in [2.05, 4.69) is 27.1 Å². The Morgan fingerprint density at radius 1 is 1.32 bits per heavy atom. The Kier molecular flexibility index (Phi) is 6.16. The monoisotopic (exact) mass is 377 g/mol. The minimum Gasteiger partial charge on any atom is -0.493 e. The number of hydrogen-bond donors (Lipinski definition) is 1. The van der Waals surface area contributed by atoms with E-state index in [4.69, 9.17) is 4.74 Å². The number of hydrogen-bond acceptors (Lipinski definition) is 5. The van der Waals surface area contributed by atoms with E-state index >= 15 is 0 Å². The lowest BCUT2D eigenvalue weighted by Crippen LogP contribution is -2.15. The van der Waals surface area contributed by atoms with Crippen molar-refractivity contribution in [1.29, 1.82) is 0 Å². The average Bonchev–Trinajstić information content (AvgIpc) is 3.16. The maximum absolute atomic E-state index is 12.8. The van der Waals surface area contributed by atoms with Gasteiger partial charge in [0.2, 0.25) is 0 Å². The number of benzene rings is 1. The predicted molar refractivity (Wildman–Crippen MR) is 108 cm³/mol. The van der Waals surface area contributed by atoms with Crippen LogP contribution in [-0.4, -0.2) is 32.3 Å². The highest BCUT2D eigenvalue weighted by Crippen LogP contribution is 2.22. The number of ether oxygens (including phenoxy) is 1. The van der Waals surface area contributed by atoms with Gasteiger partial charge in [-0.3, -0.25) is 4.79 Å². The third-order valence-electron chi connectivity index (χ3n) is 4.09. The lowest BCUT2D eigenvalue weighted by Gasteiger charge is -2.12. The zero-order valence-corrected chi connectivity index (χ0v) is 16.1. The van der Waals surface area contributed by atoms with Crippen molar-refractivity contribution in [2.75, 3.05) is 11.9 Å². The van der Waals surface area contributed by atoms with Gasteiger partial charge < -0.3 is 14.6 Å². The van der Waals surface area contributed by atoms with Gasteiger partial charge >= 0.3 is 0 Å². The molecule has 0 saturated heterocycles. The van der Waals surface area contributed by atoms with Crippen LogP contribution in [0.25, 0.3) is 11.5 Å². The molecule has 0 aliphatic heterocycles. The van der Waals surface area contributed by atoms with Crippen LogP contribution < -0.4 is 10.1 Å². The van der Waals surface area contributed by atoms with E-state index in [1.54, 1.807) is 24.5 Å². The number of carbonyl (C=O) groups is 1. The molecule has 0 unspecified atom stereocenters. The number of nitrogens with zero attached hydrogens (tertiary/aromatic N) is 4. The summed E-state index contributed by atoms with van der Waals surface area (Å²) >= 11 is 0. The Hall–Kier alpha value is -3.48. The number of aromatic nitrogens is 4. The number of aryl methyl sites for hydroxylation is 2. The molecule has 1 amide bonds. The highest BCUT2D eigenvalue weighted by molar-refractivity contribution is 6.06. The molecule has 0 radical (unpaired) electrons. The Morgan fingerprint density at radius 3 is 2.96 bits per heavy atom. The second kappa shape index (κ2) is 8.94. The van der Waals surface area contributed by atoms with Crippen molar-refractivity contribution in [2.24, 2.45) is 0 Å². The number of pyridine rings is 1. The highest BCUT2D eigenvalue weighted by Gasteiger charge is 2.15. The molecule has 1 N–H and O–H groups in total. The first-order valence-electron chi connectivity index (χ1n) is 9.13. The number of anilines is 1. The Morgan fingerprint density at radius 2 is 2.18 bits per heavy atom. The van der Waals surface area contributed by atoms with Crippen molar-refractivity contribution >= 4 is 11.7 Å². The average molecular weight is 377 g/mol. The molecule has 0 aliphatic carbocycles. The molecule has 0 atom stereocenters. The molecular formula is C21H23N5O2. The van der Waals surface area contributed by atoms with Gasteiger partial charge in [-0.15, -0.1) is 16.8 Å². The standard InChI is InChI=1S/C21H23N5O2/c1-4-6-12-26-14-22-25-20(26)17-8-7-9-19(23-17)24-21(27)16-13-15(3)10-11-18(16)28-5-2/h4,7-11,13-14H,1,5-6,12H2,2-3H3,(H,23,24,27). The van der Waals surface area contributed by atoms with Crippen molar-refractivity contribution in [3.63, 3.8) is 0 Å². The third kappa shape index (κ3) is 4.43. The molecule has 2 aromatic heterocycles. The fourth-order valence-corrected chi connectivity index (χ4v) is 2.76.